The first-order valence-electron chi connectivity index (χ1n) is 11.2. The average molecular weight is 488 g/mol. The summed E-state index contributed by atoms with van der Waals surface area (Å²) < 4.78 is 0. The third-order valence-corrected chi connectivity index (χ3v) is 6.52. The summed E-state index contributed by atoms with van der Waals surface area (Å²) in [5.41, 5.74) is 2.43. The number of aromatic amines is 1. The molecular weight excluding hydrogens is 466 g/mol. The molecule has 5 rings (SSSR count). The molecule has 0 aliphatic carbocycles. The number of carbonyl (C=O) groups excluding carboxylic acids is 2. The van der Waals surface area contributed by atoms with Crippen LogP contribution in [0.1, 0.15) is 38.7 Å². The molecule has 0 unspecified atom stereocenters. The second-order valence-electron chi connectivity index (χ2n) is 8.45. The van der Waals surface area contributed by atoms with E-state index in [2.05, 4.69) is 20.3 Å². The summed E-state index contributed by atoms with van der Waals surface area (Å²) in [7, 11) is 0. The molecule has 1 aliphatic rings. The SMILES string of the molecule is O=C(N[C@@H]1CCN(C(=O)c2cc(Cl)c3nccnc3c2)C[C@@H]1c1ccccc1)c1cccc(=O)[nH]1. The monoisotopic (exact) mass is 487 g/mol. The van der Waals surface area contributed by atoms with Crippen LogP contribution in [-0.2, 0) is 0 Å². The molecule has 35 heavy (non-hydrogen) atoms. The first-order valence-corrected chi connectivity index (χ1v) is 11.6. The molecule has 2 aromatic heterocycles. The number of amides is 2. The number of rotatable bonds is 4. The lowest BCUT2D eigenvalue weighted by atomic mass is 9.85. The predicted molar refractivity (Wildman–Crippen MR) is 133 cm³/mol. The highest BCUT2D eigenvalue weighted by atomic mass is 35.5. The normalized spacial score (nSPS) is 17.8. The van der Waals surface area contributed by atoms with Crippen LogP contribution in [0.3, 0.4) is 0 Å². The Kier molecular flexibility index (Phi) is 6.29. The second-order valence-corrected chi connectivity index (χ2v) is 8.86. The smallest absolute Gasteiger partial charge is 0.268 e. The first kappa shape index (κ1) is 22.7. The molecule has 8 nitrogen and oxygen atoms in total. The van der Waals surface area contributed by atoms with Gasteiger partial charge in [-0.2, -0.15) is 0 Å². The number of nitrogens with one attached hydrogen (secondary N) is 2. The van der Waals surface area contributed by atoms with Gasteiger partial charge in [0.1, 0.15) is 11.2 Å². The van der Waals surface area contributed by atoms with E-state index in [1.807, 2.05) is 30.3 Å². The number of carbonyl (C=O) groups is 2. The summed E-state index contributed by atoms with van der Waals surface area (Å²) in [5, 5.41) is 3.43. The molecule has 0 saturated carbocycles. The number of benzene rings is 2. The van der Waals surface area contributed by atoms with Crippen LogP contribution >= 0.6 is 11.6 Å². The highest BCUT2D eigenvalue weighted by molar-refractivity contribution is 6.35. The van der Waals surface area contributed by atoms with Crippen LogP contribution in [-0.4, -0.2) is 50.8 Å². The number of halogens is 1. The molecule has 3 heterocycles. The number of hydrogen-bond donors (Lipinski definition) is 2. The van der Waals surface area contributed by atoms with Gasteiger partial charge in [0.05, 0.1) is 10.5 Å². The van der Waals surface area contributed by atoms with E-state index in [0.29, 0.717) is 41.1 Å². The molecule has 9 heteroatoms. The number of pyridine rings is 1. The Hall–Kier alpha value is -4.04. The van der Waals surface area contributed by atoms with Crippen LogP contribution in [0.4, 0.5) is 0 Å². The number of fused-ring (bicyclic) bond motifs is 1. The standard InChI is InChI=1S/C26H22ClN5O3/c27-19-13-17(14-22-24(19)29-11-10-28-22)26(35)32-12-9-20(18(15-32)16-5-2-1-3-6-16)31-25(34)21-7-4-8-23(33)30-21/h1-8,10-11,13-14,18,20H,9,12,15H2,(H,30,33)(H,31,34)/t18-,20-/m1/s1. The molecule has 0 bridgehead atoms. The summed E-state index contributed by atoms with van der Waals surface area (Å²) in [6.45, 7) is 0.865. The topological polar surface area (TPSA) is 108 Å². The summed E-state index contributed by atoms with van der Waals surface area (Å²) >= 11 is 6.37. The Morgan fingerprint density at radius 3 is 2.63 bits per heavy atom. The zero-order valence-electron chi connectivity index (χ0n) is 18.6. The molecule has 1 fully saturated rings. The maximum Gasteiger partial charge on any atom is 0.268 e. The van der Waals surface area contributed by atoms with Crippen LogP contribution in [0.5, 0.6) is 0 Å². The van der Waals surface area contributed by atoms with Crippen LogP contribution < -0.4 is 10.9 Å². The van der Waals surface area contributed by atoms with Gasteiger partial charge >= 0.3 is 0 Å². The van der Waals surface area contributed by atoms with Gasteiger partial charge in [0, 0.05) is 49.1 Å². The van der Waals surface area contributed by atoms with E-state index in [9.17, 15) is 14.4 Å². The van der Waals surface area contributed by atoms with E-state index in [0.717, 1.165) is 5.56 Å². The van der Waals surface area contributed by atoms with Crippen molar-refractivity contribution >= 4 is 34.4 Å². The summed E-state index contributed by atoms with van der Waals surface area (Å²) in [5.74, 6) is -0.644. The average Bonchev–Trinajstić information content (AvgIpc) is 2.89. The fourth-order valence-corrected chi connectivity index (χ4v) is 4.78. The number of nitrogens with zero attached hydrogens (tertiary/aromatic N) is 3. The van der Waals surface area contributed by atoms with E-state index in [1.165, 1.54) is 6.07 Å². The van der Waals surface area contributed by atoms with Crippen molar-refractivity contribution in [3.8, 4) is 0 Å². The molecule has 0 radical (unpaired) electrons. The molecule has 2 atom stereocenters. The summed E-state index contributed by atoms with van der Waals surface area (Å²) in [6.07, 6.45) is 3.67. The molecule has 176 valence electrons. The number of H-pyrrole nitrogens is 1. The van der Waals surface area contributed by atoms with Gasteiger partial charge < -0.3 is 15.2 Å². The van der Waals surface area contributed by atoms with Crippen LogP contribution in [0.25, 0.3) is 11.0 Å². The highest BCUT2D eigenvalue weighted by Gasteiger charge is 2.34. The molecular formula is C26H22ClN5O3. The minimum atomic E-state index is -0.353. The van der Waals surface area contributed by atoms with Gasteiger partial charge in [-0.15, -0.1) is 0 Å². The lowest BCUT2D eigenvalue weighted by Gasteiger charge is -2.39. The number of hydrogen-bond acceptors (Lipinski definition) is 5. The lowest BCUT2D eigenvalue weighted by Crippen LogP contribution is -2.51. The Labute approximate surface area is 206 Å². The Balaban J connectivity index is 1.40. The first-order chi connectivity index (χ1) is 17.0. The molecule has 4 aromatic rings. The molecule has 0 spiro atoms. The fraction of sp³-hybridized carbons (Fsp3) is 0.192. The summed E-state index contributed by atoms with van der Waals surface area (Å²) in [4.78, 5) is 50.8. The van der Waals surface area contributed by atoms with Crippen LogP contribution in [0, 0.1) is 0 Å². The number of piperidine rings is 1. The van der Waals surface area contributed by atoms with Crippen LogP contribution in [0.15, 0.2) is 77.9 Å². The van der Waals surface area contributed by atoms with Gasteiger partial charge in [0.2, 0.25) is 5.56 Å². The van der Waals surface area contributed by atoms with Crippen molar-refractivity contribution in [1.29, 1.82) is 0 Å². The minimum Gasteiger partial charge on any atom is -0.347 e. The zero-order chi connectivity index (χ0) is 24.4. The Bertz CT molecular complexity index is 1460. The van der Waals surface area contributed by atoms with E-state index in [-0.39, 0.29) is 35.0 Å². The molecule has 1 saturated heterocycles. The van der Waals surface area contributed by atoms with Crippen molar-refractivity contribution in [3.05, 3.63) is 105 Å². The fourth-order valence-electron chi connectivity index (χ4n) is 4.51. The van der Waals surface area contributed by atoms with Crippen molar-refractivity contribution in [2.45, 2.75) is 18.4 Å². The van der Waals surface area contributed by atoms with Gasteiger partial charge in [-0.1, -0.05) is 48.0 Å². The van der Waals surface area contributed by atoms with Gasteiger partial charge in [0.25, 0.3) is 11.8 Å². The molecule has 2 N–H and O–H groups in total. The second kappa shape index (κ2) is 9.68. The maximum absolute atomic E-state index is 13.5. The lowest BCUT2D eigenvalue weighted by molar-refractivity contribution is 0.0671. The van der Waals surface area contributed by atoms with Gasteiger partial charge in [-0.25, -0.2) is 0 Å². The van der Waals surface area contributed by atoms with E-state index in [1.54, 1.807) is 41.6 Å². The molecule has 1 aliphatic heterocycles. The van der Waals surface area contributed by atoms with Crippen molar-refractivity contribution < 1.29 is 9.59 Å². The van der Waals surface area contributed by atoms with Gasteiger partial charge in [-0.05, 0) is 30.2 Å². The molecule has 2 amide bonds. The minimum absolute atomic E-state index is 0.135. The van der Waals surface area contributed by atoms with Crippen molar-refractivity contribution in [2.24, 2.45) is 0 Å². The number of likely N-dealkylation sites (tertiary alicyclic amines) is 1. The van der Waals surface area contributed by atoms with Crippen molar-refractivity contribution in [1.82, 2.24) is 25.2 Å². The van der Waals surface area contributed by atoms with Crippen LogP contribution in [0.2, 0.25) is 5.02 Å². The third-order valence-electron chi connectivity index (χ3n) is 6.23. The Morgan fingerprint density at radius 2 is 1.83 bits per heavy atom. The zero-order valence-corrected chi connectivity index (χ0v) is 19.4. The van der Waals surface area contributed by atoms with Crippen molar-refractivity contribution in [2.75, 3.05) is 13.1 Å². The van der Waals surface area contributed by atoms with Crippen molar-refractivity contribution in [3.63, 3.8) is 0 Å². The number of aromatic nitrogens is 3. The maximum atomic E-state index is 13.5. The molecule has 2 aromatic carbocycles. The van der Waals surface area contributed by atoms with Gasteiger partial charge in [-0.3, -0.25) is 24.4 Å². The van der Waals surface area contributed by atoms with E-state index < -0.39 is 0 Å². The Morgan fingerprint density at radius 1 is 1.03 bits per heavy atom. The van der Waals surface area contributed by atoms with E-state index >= 15 is 0 Å². The van der Waals surface area contributed by atoms with Gasteiger partial charge in [0.15, 0.2) is 0 Å². The highest BCUT2D eigenvalue weighted by Crippen LogP contribution is 2.30. The predicted octanol–water partition coefficient (Wildman–Crippen LogP) is 3.40. The third kappa shape index (κ3) is 4.79. The largest absolute Gasteiger partial charge is 0.347 e. The quantitative estimate of drug-likeness (QED) is 0.458. The van der Waals surface area contributed by atoms with E-state index in [4.69, 9.17) is 11.6 Å². The summed E-state index contributed by atoms with van der Waals surface area (Å²) in [6, 6.07) is 17.4.